The third kappa shape index (κ3) is 5.30. The number of amides is 3. The highest BCUT2D eigenvalue weighted by molar-refractivity contribution is 14.1. The third-order valence-electron chi connectivity index (χ3n) is 6.29. The molecule has 0 unspecified atom stereocenters. The van der Waals surface area contributed by atoms with Crippen molar-refractivity contribution >= 4 is 46.1 Å². The number of nitrogens with zero attached hydrogens (tertiary/aromatic N) is 3. The van der Waals surface area contributed by atoms with Gasteiger partial charge >= 0.3 is 6.03 Å². The number of amidine groups is 1. The number of aliphatic hydroxyl groups is 1. The van der Waals surface area contributed by atoms with E-state index < -0.39 is 18.1 Å². The number of aliphatic hydroxyl groups excluding tert-OH is 1. The lowest BCUT2D eigenvalue weighted by Crippen LogP contribution is -2.46. The summed E-state index contributed by atoms with van der Waals surface area (Å²) in [5.41, 5.74) is 3.15. The summed E-state index contributed by atoms with van der Waals surface area (Å²) >= 11 is 2.24. The monoisotopic (exact) mass is 612 g/mol. The number of urea groups is 1. The Balaban J connectivity index is 1.45. The zero-order valence-electron chi connectivity index (χ0n) is 20.1. The van der Waals surface area contributed by atoms with Gasteiger partial charge in [0.1, 0.15) is 30.2 Å². The van der Waals surface area contributed by atoms with Crippen LogP contribution < -0.4 is 14.8 Å². The van der Waals surface area contributed by atoms with Gasteiger partial charge in [-0.1, -0.05) is 30.3 Å². The van der Waals surface area contributed by atoms with Crippen LogP contribution in [0.2, 0.25) is 0 Å². The maximum Gasteiger partial charge on any atom is 0.325 e. The Bertz CT molecular complexity index is 1330. The first-order chi connectivity index (χ1) is 18.0. The average molecular weight is 612 g/mol. The van der Waals surface area contributed by atoms with Crippen molar-refractivity contribution in [1.82, 2.24) is 10.2 Å². The summed E-state index contributed by atoms with van der Waals surface area (Å²) in [4.78, 5) is 37.6. The summed E-state index contributed by atoms with van der Waals surface area (Å²) in [5.74, 6) is 1.36. The number of benzene rings is 2. The minimum Gasteiger partial charge on any atom is -0.497 e. The third-order valence-corrected chi connectivity index (χ3v) is 7.04. The van der Waals surface area contributed by atoms with Gasteiger partial charge in [-0.05, 0) is 64.1 Å². The zero-order valence-corrected chi connectivity index (χ0v) is 22.2. The Morgan fingerprint density at radius 1 is 1.11 bits per heavy atom. The highest BCUT2D eigenvalue weighted by Crippen LogP contribution is 2.31. The molecule has 190 valence electrons. The molecule has 0 saturated carbocycles. The number of imide groups is 1. The van der Waals surface area contributed by atoms with E-state index in [0.29, 0.717) is 30.0 Å². The molecule has 1 aliphatic carbocycles. The van der Waals surface area contributed by atoms with Crippen molar-refractivity contribution in [3.63, 3.8) is 0 Å². The summed E-state index contributed by atoms with van der Waals surface area (Å²) in [5, 5.41) is 11.8. The second-order valence-corrected chi connectivity index (χ2v) is 9.90. The van der Waals surface area contributed by atoms with E-state index in [9.17, 15) is 9.59 Å². The van der Waals surface area contributed by atoms with Crippen LogP contribution >= 0.6 is 22.6 Å². The number of aliphatic imine (C=N–C) groups is 2. The molecule has 2 N–H and O–H groups in total. The number of carbonyl (C=O) groups excluding carboxylic acids is 2. The number of methoxy groups -OCH3 is 1. The fourth-order valence-electron chi connectivity index (χ4n) is 4.42. The van der Waals surface area contributed by atoms with E-state index in [1.54, 1.807) is 31.4 Å². The smallest absolute Gasteiger partial charge is 0.325 e. The number of hydrogen-bond acceptors (Lipinski definition) is 7. The molecular weight excluding hydrogens is 587 g/mol. The Hall–Kier alpha value is -3.51. The molecule has 2 aromatic rings. The molecule has 2 atom stereocenters. The van der Waals surface area contributed by atoms with Crippen LogP contribution in [0.15, 0.2) is 79.9 Å². The number of fused-ring (bicyclic) bond motifs is 1. The number of nitrogens with one attached hydrogen (secondary N) is 1. The summed E-state index contributed by atoms with van der Waals surface area (Å²) in [6, 6.07) is 12.4. The van der Waals surface area contributed by atoms with E-state index in [4.69, 9.17) is 24.6 Å². The van der Waals surface area contributed by atoms with Crippen molar-refractivity contribution < 1.29 is 24.2 Å². The predicted molar refractivity (Wildman–Crippen MR) is 147 cm³/mol. The van der Waals surface area contributed by atoms with Crippen LogP contribution in [0.5, 0.6) is 11.5 Å². The number of ether oxygens (including phenoxy) is 2. The Kier molecular flexibility index (Phi) is 7.38. The van der Waals surface area contributed by atoms with E-state index >= 15 is 0 Å². The molecule has 37 heavy (non-hydrogen) atoms. The van der Waals surface area contributed by atoms with Crippen molar-refractivity contribution in [1.29, 1.82) is 0 Å². The molecule has 2 heterocycles. The van der Waals surface area contributed by atoms with Crippen LogP contribution in [0, 0.1) is 0 Å². The Labute approximate surface area is 227 Å². The summed E-state index contributed by atoms with van der Waals surface area (Å²) < 4.78 is 11.7. The molecule has 3 amide bonds. The topological polar surface area (TPSA) is 113 Å². The lowest BCUT2D eigenvalue weighted by atomic mass is 10.0. The van der Waals surface area contributed by atoms with E-state index in [0.717, 1.165) is 26.3 Å². The molecule has 1 fully saturated rings. The molecule has 2 aliphatic heterocycles. The van der Waals surface area contributed by atoms with Crippen molar-refractivity contribution in [3.8, 4) is 11.5 Å². The van der Waals surface area contributed by atoms with Gasteiger partial charge in [0.15, 0.2) is 5.84 Å². The van der Waals surface area contributed by atoms with Gasteiger partial charge in [0.25, 0.3) is 5.91 Å². The lowest BCUT2D eigenvalue weighted by molar-refractivity contribution is -0.128. The molecule has 9 nitrogen and oxygen atoms in total. The van der Waals surface area contributed by atoms with Crippen LogP contribution in [0.4, 0.5) is 4.79 Å². The maximum absolute atomic E-state index is 13.7. The quantitative estimate of drug-likeness (QED) is 0.331. The molecule has 2 aromatic carbocycles. The molecule has 3 aliphatic rings. The predicted octanol–water partition coefficient (Wildman–Crippen LogP) is 3.73. The van der Waals surface area contributed by atoms with Gasteiger partial charge in [-0.25, -0.2) is 14.8 Å². The van der Waals surface area contributed by atoms with Gasteiger partial charge in [0.2, 0.25) is 0 Å². The van der Waals surface area contributed by atoms with Crippen LogP contribution in [0.1, 0.15) is 23.6 Å². The molecule has 0 radical (unpaired) electrons. The molecule has 1 saturated heterocycles. The van der Waals surface area contributed by atoms with Gasteiger partial charge in [0, 0.05) is 16.4 Å². The van der Waals surface area contributed by atoms with Crippen molar-refractivity contribution in [3.05, 3.63) is 81.1 Å². The number of hydrogen-bond donors (Lipinski definition) is 2. The van der Waals surface area contributed by atoms with Crippen LogP contribution in [0.25, 0.3) is 0 Å². The van der Waals surface area contributed by atoms with Gasteiger partial charge in [-0.3, -0.25) is 9.69 Å². The minimum absolute atomic E-state index is 0.0936. The summed E-state index contributed by atoms with van der Waals surface area (Å²) in [7, 11) is 1.60. The molecule has 0 aromatic heterocycles. The van der Waals surface area contributed by atoms with E-state index in [1.807, 2.05) is 30.3 Å². The summed E-state index contributed by atoms with van der Waals surface area (Å²) in [6.45, 7) is 0.0819. The van der Waals surface area contributed by atoms with Gasteiger partial charge < -0.3 is 19.9 Å². The highest BCUT2D eigenvalue weighted by Gasteiger charge is 2.45. The van der Waals surface area contributed by atoms with Crippen LogP contribution in [-0.4, -0.2) is 59.9 Å². The van der Waals surface area contributed by atoms with Crippen LogP contribution in [-0.2, 0) is 11.2 Å². The Morgan fingerprint density at radius 2 is 1.84 bits per heavy atom. The number of carbonyl (C=O) groups is 2. The second-order valence-electron chi connectivity index (χ2n) is 8.65. The number of halogens is 1. The first-order valence-electron chi connectivity index (χ1n) is 11.8. The second kappa shape index (κ2) is 10.9. The molecular formula is C27H25IN4O5. The Morgan fingerprint density at radius 3 is 2.54 bits per heavy atom. The lowest BCUT2D eigenvalue weighted by Gasteiger charge is -2.24. The minimum atomic E-state index is -0.837. The normalized spacial score (nSPS) is 19.4. The largest absolute Gasteiger partial charge is 0.497 e. The number of rotatable bonds is 9. The first-order valence-corrected chi connectivity index (χ1v) is 12.9. The molecule has 0 bridgehead atoms. The zero-order chi connectivity index (χ0) is 25.9. The standard InChI is InChI=1S/C27H25IN4O5/c1-36-19-7-2-16(3-8-19)14-23(25-29-21-11-6-18(28)15-22(21)30-25)32-26(34)24(31-27(32)35)17-4-9-20(10-5-17)37-13-12-33/h2-10,15,23-24,33H,11-14H2,1H3,(H,31,35)/t23-,24+/m0/s1. The fourth-order valence-corrected chi connectivity index (χ4v) is 4.94. The number of allylic oxidation sites excluding steroid dienone is 4. The van der Waals surface area contributed by atoms with E-state index in [-0.39, 0.29) is 19.1 Å². The van der Waals surface area contributed by atoms with Crippen molar-refractivity contribution in [2.45, 2.75) is 24.9 Å². The summed E-state index contributed by atoms with van der Waals surface area (Å²) in [6.07, 6.45) is 5.03. The van der Waals surface area contributed by atoms with Gasteiger partial charge in [-0.15, -0.1) is 0 Å². The van der Waals surface area contributed by atoms with Crippen LogP contribution in [0.3, 0.4) is 0 Å². The van der Waals surface area contributed by atoms with Crippen molar-refractivity contribution in [2.75, 3.05) is 20.3 Å². The van der Waals surface area contributed by atoms with Gasteiger partial charge in [0.05, 0.1) is 25.1 Å². The maximum atomic E-state index is 13.7. The van der Waals surface area contributed by atoms with Gasteiger partial charge in [-0.2, -0.15) is 0 Å². The van der Waals surface area contributed by atoms with Crippen molar-refractivity contribution in [2.24, 2.45) is 9.98 Å². The average Bonchev–Trinajstić information content (AvgIpc) is 3.46. The van der Waals surface area contributed by atoms with E-state index in [2.05, 4.69) is 34.0 Å². The fraction of sp³-hybridized carbons (Fsp3) is 0.259. The SMILES string of the molecule is COc1ccc(C[C@@H](C2=NC3=CC(I)=CCC3=N2)N2C(=O)N[C@H](c3ccc(OCCO)cc3)C2=O)cc1. The molecule has 5 rings (SSSR count). The molecule has 10 heteroatoms. The molecule has 0 spiro atoms. The first kappa shape index (κ1) is 25.2. The highest BCUT2D eigenvalue weighted by atomic mass is 127. The van der Waals surface area contributed by atoms with E-state index in [1.165, 1.54) is 4.90 Å².